The van der Waals surface area contributed by atoms with Gasteiger partial charge in [0.05, 0.1) is 18.0 Å². The van der Waals surface area contributed by atoms with E-state index in [1.54, 1.807) is 6.07 Å². The molecule has 0 aliphatic heterocycles. The van der Waals surface area contributed by atoms with Gasteiger partial charge < -0.3 is 10.6 Å². The van der Waals surface area contributed by atoms with Gasteiger partial charge in [0.15, 0.2) is 17.4 Å². The second-order valence-corrected chi connectivity index (χ2v) is 5.52. The van der Waals surface area contributed by atoms with Crippen LogP contribution in [0.1, 0.15) is 18.3 Å². The van der Waals surface area contributed by atoms with Gasteiger partial charge in [-0.15, -0.1) is 10.2 Å². The standard InChI is InChI=1S/C17H19N7O2/c1-2-18-17(19-11-13-6-5-7-14(10-13)24(25)26)20-12-16-22-21-15-8-3-4-9-23(15)16/h3-10H,2,11-12H2,1H3,(H2,18,19,20). The predicted molar refractivity (Wildman–Crippen MR) is 97.7 cm³/mol. The minimum Gasteiger partial charge on any atom is -0.357 e. The van der Waals surface area contributed by atoms with E-state index in [9.17, 15) is 10.1 Å². The molecule has 0 aliphatic rings. The third kappa shape index (κ3) is 4.12. The van der Waals surface area contributed by atoms with E-state index in [0.717, 1.165) is 17.0 Å². The molecule has 2 aromatic heterocycles. The van der Waals surface area contributed by atoms with Gasteiger partial charge in [-0.25, -0.2) is 4.99 Å². The highest BCUT2D eigenvalue weighted by Gasteiger charge is 2.07. The number of non-ortho nitro benzene ring substituents is 1. The topological polar surface area (TPSA) is 110 Å². The molecule has 3 aromatic rings. The van der Waals surface area contributed by atoms with Gasteiger partial charge >= 0.3 is 0 Å². The number of hydrogen-bond acceptors (Lipinski definition) is 5. The molecule has 0 spiro atoms. The second-order valence-electron chi connectivity index (χ2n) is 5.52. The Labute approximate surface area is 149 Å². The first-order chi connectivity index (χ1) is 12.7. The van der Waals surface area contributed by atoms with E-state index in [-0.39, 0.29) is 5.69 Å². The lowest BCUT2D eigenvalue weighted by Gasteiger charge is -2.10. The first kappa shape index (κ1) is 17.3. The molecule has 9 heteroatoms. The maximum atomic E-state index is 10.9. The first-order valence-corrected chi connectivity index (χ1v) is 8.21. The molecule has 26 heavy (non-hydrogen) atoms. The summed E-state index contributed by atoms with van der Waals surface area (Å²) in [7, 11) is 0. The van der Waals surface area contributed by atoms with Crippen LogP contribution in [0.3, 0.4) is 0 Å². The molecule has 0 radical (unpaired) electrons. The number of nitro groups is 1. The van der Waals surface area contributed by atoms with Crippen molar-refractivity contribution in [3.63, 3.8) is 0 Å². The fourth-order valence-corrected chi connectivity index (χ4v) is 2.45. The summed E-state index contributed by atoms with van der Waals surface area (Å²) >= 11 is 0. The highest BCUT2D eigenvalue weighted by molar-refractivity contribution is 5.79. The van der Waals surface area contributed by atoms with E-state index in [0.29, 0.717) is 25.6 Å². The third-order valence-electron chi connectivity index (χ3n) is 3.68. The van der Waals surface area contributed by atoms with Crippen LogP contribution in [-0.4, -0.2) is 32.0 Å². The van der Waals surface area contributed by atoms with Gasteiger partial charge in [0.1, 0.15) is 0 Å². The Morgan fingerprint density at radius 3 is 2.92 bits per heavy atom. The van der Waals surface area contributed by atoms with E-state index in [1.165, 1.54) is 12.1 Å². The molecule has 1 aromatic carbocycles. The predicted octanol–water partition coefficient (Wildman–Crippen LogP) is 1.89. The monoisotopic (exact) mass is 353 g/mol. The fraction of sp³-hybridized carbons (Fsp3) is 0.235. The summed E-state index contributed by atoms with van der Waals surface area (Å²) in [6, 6.07) is 12.2. The number of nitrogens with zero attached hydrogens (tertiary/aromatic N) is 5. The van der Waals surface area contributed by atoms with Gasteiger partial charge in [-0.3, -0.25) is 14.5 Å². The molecule has 9 nitrogen and oxygen atoms in total. The summed E-state index contributed by atoms with van der Waals surface area (Å²) in [5.74, 6) is 1.37. The fourth-order valence-electron chi connectivity index (χ4n) is 2.45. The minimum absolute atomic E-state index is 0.0607. The molecule has 3 rings (SSSR count). The molecule has 0 saturated heterocycles. The van der Waals surface area contributed by atoms with Crippen LogP contribution >= 0.6 is 0 Å². The smallest absolute Gasteiger partial charge is 0.269 e. The molecule has 2 N–H and O–H groups in total. The Morgan fingerprint density at radius 1 is 1.23 bits per heavy atom. The Bertz CT molecular complexity index is 936. The average molecular weight is 353 g/mol. The zero-order chi connectivity index (χ0) is 18.4. The van der Waals surface area contributed by atoms with Crippen molar-refractivity contribution in [3.8, 4) is 0 Å². The maximum absolute atomic E-state index is 10.9. The molecule has 134 valence electrons. The Balaban J connectivity index is 1.69. The summed E-state index contributed by atoms with van der Waals surface area (Å²) in [5, 5.41) is 25.5. The number of benzene rings is 1. The second kappa shape index (κ2) is 8.06. The summed E-state index contributed by atoms with van der Waals surface area (Å²) in [4.78, 5) is 14.9. The summed E-state index contributed by atoms with van der Waals surface area (Å²) in [5.41, 5.74) is 1.61. The average Bonchev–Trinajstić information content (AvgIpc) is 3.07. The first-order valence-electron chi connectivity index (χ1n) is 8.21. The lowest BCUT2D eigenvalue weighted by atomic mass is 10.2. The molecule has 0 bridgehead atoms. The highest BCUT2D eigenvalue weighted by atomic mass is 16.6. The quantitative estimate of drug-likeness (QED) is 0.303. The van der Waals surface area contributed by atoms with Crippen molar-refractivity contribution >= 4 is 17.3 Å². The Kier molecular flexibility index (Phi) is 5.37. The van der Waals surface area contributed by atoms with Crippen LogP contribution in [0.5, 0.6) is 0 Å². The number of aliphatic imine (C=N–C) groups is 1. The summed E-state index contributed by atoms with van der Waals surface area (Å²) < 4.78 is 1.90. The maximum Gasteiger partial charge on any atom is 0.269 e. The number of nitrogens with one attached hydrogen (secondary N) is 2. The molecule has 2 heterocycles. The molecule has 0 saturated carbocycles. The van der Waals surface area contributed by atoms with Crippen LogP contribution in [0.25, 0.3) is 5.65 Å². The van der Waals surface area contributed by atoms with E-state index < -0.39 is 4.92 Å². The number of fused-ring (bicyclic) bond motifs is 1. The van der Waals surface area contributed by atoms with E-state index >= 15 is 0 Å². The molecule has 0 atom stereocenters. The van der Waals surface area contributed by atoms with Crippen LogP contribution in [-0.2, 0) is 13.1 Å². The number of hydrogen-bond donors (Lipinski definition) is 2. The SMILES string of the molecule is CCNC(=NCc1cccc([N+](=O)[O-])c1)NCc1nnc2ccccn12. The van der Waals surface area contributed by atoms with Gasteiger partial charge in [-0.1, -0.05) is 18.2 Å². The number of aromatic nitrogens is 3. The normalized spacial score (nSPS) is 11.5. The van der Waals surface area contributed by atoms with Gasteiger partial charge in [-0.2, -0.15) is 0 Å². The highest BCUT2D eigenvalue weighted by Crippen LogP contribution is 2.13. The lowest BCUT2D eigenvalue weighted by Crippen LogP contribution is -2.37. The minimum atomic E-state index is -0.410. The van der Waals surface area contributed by atoms with Crippen molar-refractivity contribution in [3.05, 3.63) is 70.2 Å². The largest absolute Gasteiger partial charge is 0.357 e. The zero-order valence-corrected chi connectivity index (χ0v) is 14.3. The molecule has 0 amide bonds. The van der Waals surface area contributed by atoms with Crippen LogP contribution in [0.2, 0.25) is 0 Å². The van der Waals surface area contributed by atoms with E-state index in [4.69, 9.17) is 0 Å². The number of nitro benzene ring substituents is 1. The van der Waals surface area contributed by atoms with Crippen molar-refractivity contribution < 1.29 is 4.92 Å². The van der Waals surface area contributed by atoms with Crippen LogP contribution in [0, 0.1) is 10.1 Å². The number of pyridine rings is 1. The third-order valence-corrected chi connectivity index (χ3v) is 3.68. The molecular formula is C17H19N7O2. The van der Waals surface area contributed by atoms with Crippen molar-refractivity contribution in [2.24, 2.45) is 4.99 Å². The van der Waals surface area contributed by atoms with Crippen molar-refractivity contribution in [1.29, 1.82) is 0 Å². The van der Waals surface area contributed by atoms with Gasteiger partial charge in [0.2, 0.25) is 0 Å². The van der Waals surface area contributed by atoms with Crippen molar-refractivity contribution in [2.75, 3.05) is 6.54 Å². The van der Waals surface area contributed by atoms with Crippen LogP contribution < -0.4 is 10.6 Å². The molecule has 0 aliphatic carbocycles. The van der Waals surface area contributed by atoms with E-state index in [2.05, 4.69) is 25.8 Å². The molecule has 0 fully saturated rings. The van der Waals surface area contributed by atoms with Crippen LogP contribution in [0.15, 0.2) is 53.7 Å². The molecular weight excluding hydrogens is 334 g/mol. The van der Waals surface area contributed by atoms with Crippen LogP contribution in [0.4, 0.5) is 5.69 Å². The number of rotatable bonds is 6. The van der Waals surface area contributed by atoms with Crippen molar-refractivity contribution in [1.82, 2.24) is 25.2 Å². The van der Waals surface area contributed by atoms with Gasteiger partial charge in [0.25, 0.3) is 5.69 Å². The van der Waals surface area contributed by atoms with Gasteiger partial charge in [0, 0.05) is 24.9 Å². The number of guanidine groups is 1. The Hall–Kier alpha value is -3.49. The lowest BCUT2D eigenvalue weighted by molar-refractivity contribution is -0.384. The van der Waals surface area contributed by atoms with E-state index in [1.807, 2.05) is 41.8 Å². The zero-order valence-electron chi connectivity index (χ0n) is 14.3. The molecule has 0 unspecified atom stereocenters. The summed E-state index contributed by atoms with van der Waals surface area (Å²) in [6.07, 6.45) is 1.90. The van der Waals surface area contributed by atoms with Crippen molar-refractivity contribution in [2.45, 2.75) is 20.0 Å². The summed E-state index contributed by atoms with van der Waals surface area (Å²) in [6.45, 7) is 3.45. The Morgan fingerprint density at radius 2 is 2.12 bits per heavy atom. The van der Waals surface area contributed by atoms with Gasteiger partial charge in [-0.05, 0) is 24.6 Å².